The van der Waals surface area contributed by atoms with Gasteiger partial charge < -0.3 is 0 Å². The summed E-state index contributed by atoms with van der Waals surface area (Å²) in [5, 5.41) is 1.15. The van der Waals surface area contributed by atoms with Crippen molar-refractivity contribution in [3.8, 4) is 0 Å². The van der Waals surface area contributed by atoms with Crippen molar-refractivity contribution in [1.29, 1.82) is 0 Å². The zero-order chi connectivity index (χ0) is 7.84. The smallest absolute Gasteiger partial charge is 0.128 e. The Balaban J connectivity index is 2.90. The van der Waals surface area contributed by atoms with Gasteiger partial charge in [0.25, 0.3) is 0 Å². The zero-order valence-corrected chi connectivity index (χ0v) is 6.98. The predicted octanol–water partition coefficient (Wildman–Crippen LogP) is 1.40. The Morgan fingerprint density at radius 3 is 3.00 bits per heavy atom. The quantitative estimate of drug-likeness (QED) is 0.529. The molecule has 0 bridgehead atoms. The topological polar surface area (TPSA) is 12.9 Å². The van der Waals surface area contributed by atoms with Crippen LogP contribution in [0.5, 0.6) is 0 Å². The van der Waals surface area contributed by atoms with Crippen LogP contribution >= 0.6 is 11.3 Å². The monoisotopic (exact) mass is 159 g/mol. The van der Waals surface area contributed by atoms with Gasteiger partial charge in [-0.1, -0.05) is 0 Å². The molecular weight excluding hydrogens is 153 g/mol. The summed E-state index contributed by atoms with van der Waals surface area (Å²) in [6, 6.07) is 1.96. The first-order valence-corrected chi connectivity index (χ1v) is 4.18. The maximum atomic E-state index is 5.65. The summed E-state index contributed by atoms with van der Waals surface area (Å²) >= 11 is 1.62. The maximum absolute atomic E-state index is 5.65. The second-order valence-electron chi connectivity index (χ2n) is 2.52. The van der Waals surface area contributed by atoms with Gasteiger partial charge in [0, 0.05) is 22.5 Å². The average Bonchev–Trinajstić information content (AvgIpc) is 2.31. The van der Waals surface area contributed by atoms with Gasteiger partial charge in [0.15, 0.2) is 0 Å². The number of hydrogen-bond donors (Lipinski definition) is 0. The molecule has 2 rings (SSSR count). The second-order valence-corrected chi connectivity index (χ2v) is 3.61. The highest BCUT2D eigenvalue weighted by Crippen LogP contribution is 2.20. The van der Waals surface area contributed by atoms with Gasteiger partial charge in [-0.05, 0) is 23.3 Å². The molecule has 0 aliphatic rings. The summed E-state index contributed by atoms with van der Waals surface area (Å²) in [4.78, 5) is 4.08. The van der Waals surface area contributed by atoms with Crippen molar-refractivity contribution in [1.82, 2.24) is 4.98 Å². The fourth-order valence-electron chi connectivity index (χ4n) is 1.12. The minimum atomic E-state index is 0.858. The van der Waals surface area contributed by atoms with Crippen molar-refractivity contribution in [2.75, 3.05) is 0 Å². The zero-order valence-electron chi connectivity index (χ0n) is 6.16. The number of hydrogen-bond acceptors (Lipinski definition) is 2. The molecule has 3 heteroatoms. The highest BCUT2D eigenvalue weighted by molar-refractivity contribution is 7.26. The Morgan fingerprint density at radius 2 is 2.27 bits per heavy atom. The van der Waals surface area contributed by atoms with Gasteiger partial charge in [-0.25, -0.2) is 0 Å². The van der Waals surface area contributed by atoms with Crippen LogP contribution in [0, 0.1) is 6.92 Å². The van der Waals surface area contributed by atoms with Crippen LogP contribution in [0.15, 0.2) is 18.5 Å². The van der Waals surface area contributed by atoms with Crippen LogP contribution < -0.4 is 4.78 Å². The number of rotatable bonds is 0. The predicted molar refractivity (Wildman–Crippen MR) is 49.7 cm³/mol. The van der Waals surface area contributed by atoms with Crippen molar-refractivity contribution in [3.05, 3.63) is 24.0 Å². The minimum Gasteiger partial charge on any atom is -0.264 e. The highest BCUT2D eigenvalue weighted by Gasteiger charge is 1.99. The molecule has 0 aliphatic carbocycles. The maximum Gasteiger partial charge on any atom is 0.128 e. The van der Waals surface area contributed by atoms with E-state index < -0.39 is 0 Å². The number of thiophene rings is 1. The van der Waals surface area contributed by atoms with Gasteiger partial charge in [0.05, 0.1) is 0 Å². The van der Waals surface area contributed by atoms with E-state index in [1.807, 2.05) is 25.4 Å². The SMILES string of the molecule is [B]c1cc2cncc(C)c2s1. The molecule has 52 valence electrons. The molecule has 2 radical (unpaired) electrons. The van der Waals surface area contributed by atoms with Gasteiger partial charge in [-0.15, -0.1) is 0 Å². The van der Waals surface area contributed by atoms with Gasteiger partial charge in [0.1, 0.15) is 7.85 Å². The summed E-state index contributed by atoms with van der Waals surface area (Å²) in [7, 11) is 5.65. The molecule has 0 amide bonds. The number of nitrogens with zero attached hydrogens (tertiary/aromatic N) is 1. The summed E-state index contributed by atoms with van der Waals surface area (Å²) < 4.78 is 2.11. The molecule has 0 N–H and O–H groups in total. The Hall–Kier alpha value is -0.825. The fourth-order valence-corrected chi connectivity index (χ4v) is 1.98. The molecule has 0 unspecified atom stereocenters. The van der Waals surface area contributed by atoms with E-state index in [9.17, 15) is 0 Å². The molecule has 0 saturated carbocycles. The van der Waals surface area contributed by atoms with Gasteiger partial charge >= 0.3 is 0 Å². The molecule has 0 aromatic carbocycles. The molecule has 0 atom stereocenters. The van der Waals surface area contributed by atoms with E-state index in [-0.39, 0.29) is 0 Å². The Kier molecular flexibility index (Phi) is 1.46. The molecule has 2 aromatic heterocycles. The van der Waals surface area contributed by atoms with Crippen LogP contribution in [-0.4, -0.2) is 12.8 Å². The van der Waals surface area contributed by atoms with Crippen LogP contribution in [-0.2, 0) is 0 Å². The van der Waals surface area contributed by atoms with E-state index in [0.29, 0.717) is 0 Å². The van der Waals surface area contributed by atoms with Crippen LogP contribution in [0.2, 0.25) is 0 Å². The fraction of sp³-hybridized carbons (Fsp3) is 0.125. The summed E-state index contributed by atoms with van der Waals surface area (Å²) in [6.45, 7) is 2.05. The van der Waals surface area contributed by atoms with E-state index in [2.05, 4.69) is 4.98 Å². The Morgan fingerprint density at radius 1 is 1.45 bits per heavy atom. The molecule has 0 spiro atoms. The highest BCUT2D eigenvalue weighted by atomic mass is 32.1. The Bertz CT molecular complexity index is 394. The van der Waals surface area contributed by atoms with Crippen molar-refractivity contribution in [2.24, 2.45) is 0 Å². The first-order chi connectivity index (χ1) is 5.27. The Labute approximate surface area is 70.5 Å². The molecule has 0 saturated heterocycles. The van der Waals surface area contributed by atoms with Crippen LogP contribution in [0.25, 0.3) is 10.1 Å². The van der Waals surface area contributed by atoms with Gasteiger partial charge in [-0.2, -0.15) is 11.3 Å². The summed E-state index contributed by atoms with van der Waals surface area (Å²) in [5.41, 5.74) is 1.20. The van der Waals surface area contributed by atoms with E-state index in [1.165, 1.54) is 10.3 Å². The van der Waals surface area contributed by atoms with Crippen molar-refractivity contribution in [2.45, 2.75) is 6.92 Å². The lowest BCUT2D eigenvalue weighted by molar-refractivity contribution is 1.32. The lowest BCUT2D eigenvalue weighted by Gasteiger charge is -1.90. The molecule has 2 heterocycles. The van der Waals surface area contributed by atoms with Gasteiger partial charge in [0.2, 0.25) is 0 Å². The molecular formula is C8H6BNS. The lowest BCUT2D eigenvalue weighted by atomic mass is 10.1. The number of aryl methyl sites for hydroxylation is 1. The average molecular weight is 159 g/mol. The van der Waals surface area contributed by atoms with Crippen molar-refractivity contribution in [3.63, 3.8) is 0 Å². The largest absolute Gasteiger partial charge is 0.264 e. The third-order valence-corrected chi connectivity index (χ3v) is 2.74. The minimum absolute atomic E-state index is 0.858. The standard InChI is InChI=1S/C8H6BNS/c1-5-3-10-4-6-2-7(9)11-8(5)6/h2-4H,1H3. The van der Waals surface area contributed by atoms with Crippen molar-refractivity contribution < 1.29 is 0 Å². The van der Waals surface area contributed by atoms with E-state index in [1.54, 1.807) is 11.3 Å². The first kappa shape index (κ1) is 6.86. The molecule has 0 aliphatic heterocycles. The molecule has 0 fully saturated rings. The van der Waals surface area contributed by atoms with E-state index in [0.717, 1.165) is 10.2 Å². The summed E-state index contributed by atoms with van der Waals surface area (Å²) in [6.07, 6.45) is 3.70. The number of pyridine rings is 1. The molecule has 1 nitrogen and oxygen atoms in total. The van der Waals surface area contributed by atoms with Crippen LogP contribution in [0.1, 0.15) is 5.56 Å². The lowest BCUT2D eigenvalue weighted by Crippen LogP contribution is -1.88. The normalized spacial score (nSPS) is 10.6. The first-order valence-electron chi connectivity index (χ1n) is 3.37. The summed E-state index contributed by atoms with van der Waals surface area (Å²) in [5.74, 6) is 0. The number of fused-ring (bicyclic) bond motifs is 1. The third kappa shape index (κ3) is 1.05. The van der Waals surface area contributed by atoms with Crippen molar-refractivity contribution >= 4 is 34.0 Å². The van der Waals surface area contributed by atoms with Crippen LogP contribution in [0.4, 0.5) is 0 Å². The van der Waals surface area contributed by atoms with E-state index in [4.69, 9.17) is 7.85 Å². The molecule has 11 heavy (non-hydrogen) atoms. The van der Waals surface area contributed by atoms with Crippen LogP contribution in [0.3, 0.4) is 0 Å². The second kappa shape index (κ2) is 2.34. The molecule has 2 aromatic rings. The van der Waals surface area contributed by atoms with E-state index >= 15 is 0 Å². The number of aromatic nitrogens is 1. The third-order valence-electron chi connectivity index (χ3n) is 1.62. The van der Waals surface area contributed by atoms with Gasteiger partial charge in [-0.3, -0.25) is 4.98 Å².